The van der Waals surface area contributed by atoms with Crippen molar-refractivity contribution in [2.45, 2.75) is 45.6 Å². The average molecular weight is 286 g/mol. The summed E-state index contributed by atoms with van der Waals surface area (Å²) in [7, 11) is 0. The third-order valence-corrected chi connectivity index (χ3v) is 4.78. The number of hydrogen-bond donors (Lipinski definition) is 1. The molecule has 1 fully saturated rings. The molecule has 1 N–H and O–H groups in total. The van der Waals surface area contributed by atoms with Crippen LogP contribution < -0.4 is 5.32 Å². The first-order chi connectivity index (χ1) is 8.34. The van der Waals surface area contributed by atoms with Gasteiger partial charge < -0.3 is 5.32 Å². The molecule has 0 bridgehead atoms. The highest BCUT2D eigenvalue weighted by atomic mass is 35.5. The molecule has 1 aliphatic rings. The summed E-state index contributed by atoms with van der Waals surface area (Å²) in [5, 5.41) is 5.28. The molecule has 1 saturated heterocycles. The van der Waals surface area contributed by atoms with E-state index in [2.05, 4.69) is 26.1 Å². The van der Waals surface area contributed by atoms with Gasteiger partial charge in [-0.05, 0) is 55.0 Å². The molecule has 18 heavy (non-hydrogen) atoms. The standard InChI is InChI=1S/C15H21Cl2N/c1-14(2,3)15(7-4-8-18-15)10-11-9-12(16)5-6-13(11)17/h5-6,9,18H,4,7-8,10H2,1-3H3. The Labute approximate surface area is 120 Å². The second kappa shape index (κ2) is 5.03. The summed E-state index contributed by atoms with van der Waals surface area (Å²) in [6, 6.07) is 5.74. The SMILES string of the molecule is CC(C)(C)C1(Cc2cc(Cl)ccc2Cl)CCCN1. The Bertz CT molecular complexity index is 429. The molecular weight excluding hydrogens is 265 g/mol. The Morgan fingerprint density at radius 2 is 2.00 bits per heavy atom. The van der Waals surface area contributed by atoms with Crippen LogP contribution in [-0.2, 0) is 6.42 Å². The summed E-state index contributed by atoms with van der Waals surface area (Å²) in [5.74, 6) is 0. The molecular formula is C15H21Cl2N. The second-order valence-corrected chi connectivity index (χ2v) is 7.12. The van der Waals surface area contributed by atoms with Crippen molar-refractivity contribution in [3.05, 3.63) is 33.8 Å². The molecule has 1 heterocycles. The highest BCUT2D eigenvalue weighted by Crippen LogP contribution is 2.41. The fraction of sp³-hybridized carbons (Fsp3) is 0.600. The minimum atomic E-state index is 0.126. The highest BCUT2D eigenvalue weighted by molar-refractivity contribution is 6.33. The van der Waals surface area contributed by atoms with Crippen molar-refractivity contribution in [3.63, 3.8) is 0 Å². The van der Waals surface area contributed by atoms with Crippen LogP contribution in [0.4, 0.5) is 0 Å². The zero-order chi connectivity index (χ0) is 13.4. The lowest BCUT2D eigenvalue weighted by Gasteiger charge is -2.43. The summed E-state index contributed by atoms with van der Waals surface area (Å²) in [4.78, 5) is 0. The van der Waals surface area contributed by atoms with E-state index in [0.717, 1.165) is 28.6 Å². The number of hydrogen-bond acceptors (Lipinski definition) is 1. The first-order valence-corrected chi connectivity index (χ1v) is 7.29. The van der Waals surface area contributed by atoms with Gasteiger partial charge in [0.1, 0.15) is 0 Å². The van der Waals surface area contributed by atoms with Crippen LogP contribution in [0.25, 0.3) is 0 Å². The topological polar surface area (TPSA) is 12.0 Å². The van der Waals surface area contributed by atoms with E-state index in [1.165, 1.54) is 12.8 Å². The van der Waals surface area contributed by atoms with Crippen molar-refractivity contribution >= 4 is 23.2 Å². The molecule has 1 nitrogen and oxygen atoms in total. The van der Waals surface area contributed by atoms with Crippen molar-refractivity contribution in [3.8, 4) is 0 Å². The average Bonchev–Trinajstić information content (AvgIpc) is 2.72. The molecule has 0 spiro atoms. The first kappa shape index (κ1) is 14.2. The Morgan fingerprint density at radius 1 is 1.28 bits per heavy atom. The molecule has 0 amide bonds. The zero-order valence-corrected chi connectivity index (χ0v) is 12.8. The third kappa shape index (κ3) is 2.68. The van der Waals surface area contributed by atoms with Crippen LogP contribution in [0.2, 0.25) is 10.0 Å². The number of nitrogens with one attached hydrogen (secondary N) is 1. The molecule has 1 aliphatic heterocycles. The van der Waals surface area contributed by atoms with Crippen molar-refractivity contribution in [2.24, 2.45) is 5.41 Å². The van der Waals surface area contributed by atoms with Crippen molar-refractivity contribution < 1.29 is 0 Å². The summed E-state index contributed by atoms with van der Waals surface area (Å²) in [5.41, 5.74) is 1.48. The van der Waals surface area contributed by atoms with Gasteiger partial charge in [-0.2, -0.15) is 0 Å². The van der Waals surface area contributed by atoms with Crippen LogP contribution in [0.1, 0.15) is 39.2 Å². The van der Waals surface area contributed by atoms with Gasteiger partial charge in [0, 0.05) is 15.6 Å². The molecule has 1 atom stereocenters. The molecule has 0 saturated carbocycles. The van der Waals surface area contributed by atoms with E-state index in [9.17, 15) is 0 Å². The van der Waals surface area contributed by atoms with Crippen LogP contribution in [0, 0.1) is 5.41 Å². The highest BCUT2D eigenvalue weighted by Gasteiger charge is 2.43. The summed E-state index contributed by atoms with van der Waals surface area (Å²) >= 11 is 12.4. The number of rotatable bonds is 2. The molecule has 2 rings (SSSR count). The molecule has 1 aromatic rings. The van der Waals surface area contributed by atoms with Crippen LogP contribution >= 0.6 is 23.2 Å². The fourth-order valence-corrected chi connectivity index (χ4v) is 3.25. The van der Waals surface area contributed by atoms with Gasteiger partial charge in [0.2, 0.25) is 0 Å². The van der Waals surface area contributed by atoms with Crippen LogP contribution in [0.15, 0.2) is 18.2 Å². The maximum absolute atomic E-state index is 6.30. The van der Waals surface area contributed by atoms with Gasteiger partial charge in [0.25, 0.3) is 0 Å². The molecule has 0 aliphatic carbocycles. The largest absolute Gasteiger partial charge is 0.310 e. The van der Waals surface area contributed by atoms with Gasteiger partial charge in [0.05, 0.1) is 0 Å². The van der Waals surface area contributed by atoms with E-state index in [0.29, 0.717) is 0 Å². The fourth-order valence-electron chi connectivity index (χ4n) is 2.87. The van der Waals surface area contributed by atoms with E-state index < -0.39 is 0 Å². The summed E-state index contributed by atoms with van der Waals surface area (Å²) < 4.78 is 0. The van der Waals surface area contributed by atoms with E-state index in [4.69, 9.17) is 23.2 Å². The van der Waals surface area contributed by atoms with Gasteiger partial charge in [0.15, 0.2) is 0 Å². The third-order valence-electron chi connectivity index (χ3n) is 4.18. The Hall–Kier alpha value is -0.240. The Balaban J connectivity index is 2.32. The summed E-state index contributed by atoms with van der Waals surface area (Å²) in [6.07, 6.45) is 3.37. The van der Waals surface area contributed by atoms with Gasteiger partial charge in [-0.1, -0.05) is 44.0 Å². The van der Waals surface area contributed by atoms with Crippen molar-refractivity contribution in [1.82, 2.24) is 5.32 Å². The molecule has 1 unspecified atom stereocenters. The second-order valence-electron chi connectivity index (χ2n) is 6.27. The lowest BCUT2D eigenvalue weighted by atomic mass is 9.69. The molecule has 100 valence electrons. The van der Waals surface area contributed by atoms with E-state index >= 15 is 0 Å². The minimum absolute atomic E-state index is 0.126. The van der Waals surface area contributed by atoms with E-state index in [-0.39, 0.29) is 11.0 Å². The van der Waals surface area contributed by atoms with Gasteiger partial charge in [-0.3, -0.25) is 0 Å². The number of halogens is 2. The Kier molecular flexibility index (Phi) is 3.96. The smallest absolute Gasteiger partial charge is 0.0439 e. The monoisotopic (exact) mass is 285 g/mol. The molecule has 0 aromatic heterocycles. The normalized spacial score (nSPS) is 24.5. The maximum Gasteiger partial charge on any atom is 0.0439 e. The molecule has 0 radical (unpaired) electrons. The Morgan fingerprint density at radius 3 is 2.56 bits per heavy atom. The first-order valence-electron chi connectivity index (χ1n) is 6.53. The molecule has 3 heteroatoms. The maximum atomic E-state index is 6.30. The predicted molar refractivity (Wildman–Crippen MR) is 79.6 cm³/mol. The van der Waals surface area contributed by atoms with Gasteiger partial charge >= 0.3 is 0 Å². The van der Waals surface area contributed by atoms with Crippen LogP contribution in [0.3, 0.4) is 0 Å². The van der Waals surface area contributed by atoms with E-state index in [1.807, 2.05) is 18.2 Å². The lowest BCUT2D eigenvalue weighted by Crippen LogP contribution is -2.52. The van der Waals surface area contributed by atoms with Gasteiger partial charge in [-0.15, -0.1) is 0 Å². The lowest BCUT2D eigenvalue weighted by molar-refractivity contribution is 0.159. The van der Waals surface area contributed by atoms with Crippen LogP contribution in [0.5, 0.6) is 0 Å². The van der Waals surface area contributed by atoms with Crippen molar-refractivity contribution in [2.75, 3.05) is 6.54 Å². The van der Waals surface area contributed by atoms with E-state index in [1.54, 1.807) is 0 Å². The quantitative estimate of drug-likeness (QED) is 0.830. The summed E-state index contributed by atoms with van der Waals surface area (Å²) in [6.45, 7) is 7.98. The molecule has 1 aromatic carbocycles. The van der Waals surface area contributed by atoms with Gasteiger partial charge in [-0.25, -0.2) is 0 Å². The number of benzene rings is 1. The van der Waals surface area contributed by atoms with Crippen LogP contribution in [-0.4, -0.2) is 12.1 Å². The minimum Gasteiger partial charge on any atom is -0.310 e. The van der Waals surface area contributed by atoms with Crippen molar-refractivity contribution in [1.29, 1.82) is 0 Å². The zero-order valence-electron chi connectivity index (χ0n) is 11.3. The predicted octanol–water partition coefficient (Wildman–Crippen LogP) is 4.70.